The molecule has 14 nitrogen and oxygen atoms in total. The second-order valence-corrected chi connectivity index (χ2v) is 19.1. The average molecular weight is 883 g/mol. The van der Waals surface area contributed by atoms with E-state index in [2.05, 4.69) is 44.6 Å². The molecule has 1 aromatic heterocycles. The van der Waals surface area contributed by atoms with E-state index in [0.717, 1.165) is 62.7 Å². The summed E-state index contributed by atoms with van der Waals surface area (Å²) < 4.78 is 12.2. The number of amides is 4. The third kappa shape index (κ3) is 13.8. The first kappa shape index (κ1) is 51.2. The van der Waals surface area contributed by atoms with E-state index in [1.165, 1.54) is 11.3 Å². The normalized spacial score (nSPS) is 20.0. The number of thiazole rings is 1. The zero-order chi connectivity index (χ0) is 45.5. The Bertz CT molecular complexity index is 1660. The van der Waals surface area contributed by atoms with Gasteiger partial charge in [0, 0.05) is 78.7 Å². The number of aromatic nitrogens is 1. The lowest BCUT2D eigenvalue weighted by Crippen LogP contribution is -2.60. The highest BCUT2D eigenvalue weighted by atomic mass is 32.1. The maximum absolute atomic E-state index is 14.6. The van der Waals surface area contributed by atoms with Crippen molar-refractivity contribution in [1.29, 1.82) is 0 Å². The zero-order valence-corrected chi connectivity index (χ0v) is 40.3. The minimum Gasteiger partial charge on any atom is -0.379 e. The molecule has 2 aliphatic heterocycles. The van der Waals surface area contributed by atoms with Crippen LogP contribution in [-0.2, 0) is 35.1 Å². The van der Waals surface area contributed by atoms with Crippen LogP contribution in [0, 0.1) is 23.7 Å². The third-order valence-electron chi connectivity index (χ3n) is 13.2. The molecular formula is C47H78N8O6S. The molecule has 2 saturated heterocycles. The van der Waals surface area contributed by atoms with Crippen molar-refractivity contribution in [2.75, 3.05) is 74.1 Å². The van der Waals surface area contributed by atoms with Crippen molar-refractivity contribution < 1.29 is 28.7 Å². The molecule has 0 bridgehead atoms. The van der Waals surface area contributed by atoms with Crippen LogP contribution >= 0.6 is 11.3 Å². The Labute approximate surface area is 376 Å². The van der Waals surface area contributed by atoms with Gasteiger partial charge >= 0.3 is 0 Å². The van der Waals surface area contributed by atoms with Gasteiger partial charge < -0.3 is 35.2 Å². The van der Waals surface area contributed by atoms with Crippen molar-refractivity contribution >= 4 is 35.0 Å². The highest BCUT2D eigenvalue weighted by Crippen LogP contribution is 2.31. The first-order valence-corrected chi connectivity index (χ1v) is 23.8. The van der Waals surface area contributed by atoms with Gasteiger partial charge in [-0.25, -0.2) is 4.98 Å². The number of ether oxygens (including phenoxy) is 2. The van der Waals surface area contributed by atoms with Gasteiger partial charge in [0.05, 0.1) is 48.7 Å². The van der Waals surface area contributed by atoms with E-state index >= 15 is 0 Å². The standard InChI is InChI=1S/C47H78N8O6S/c1-12-33(6)42(53(9)47(59)40(31(2)3)51-45(58)41(32(4)5)52(8)26-27-54-24-20-48-21-25-54)38(60-10)30-39(56)55-23-16-19-37(55)43(61-11)34(7)44(57)50-36(46-49-22-28-62-46)29-35-17-14-13-15-18-35/h13-15,17-18,22,28,31-34,36-38,40-43,48H,12,16,19-21,23-27,29-30H2,1-11H3,(H,50,57)(H,51,58)/t33-,34+,36-,37-,38+,40-,41-,42-,43+/m0/s1. The Morgan fingerprint density at radius 1 is 0.935 bits per heavy atom. The van der Waals surface area contributed by atoms with E-state index in [9.17, 15) is 19.2 Å². The number of hydrogen-bond acceptors (Lipinski definition) is 11. The molecular weight excluding hydrogens is 805 g/mol. The molecule has 0 unspecified atom stereocenters. The van der Waals surface area contributed by atoms with Gasteiger partial charge in [0.2, 0.25) is 23.6 Å². The first-order chi connectivity index (χ1) is 29.6. The Kier molecular flexibility index (Phi) is 20.7. The molecule has 0 saturated carbocycles. The average Bonchev–Trinajstić information content (AvgIpc) is 3.99. The van der Waals surface area contributed by atoms with Crippen LogP contribution < -0.4 is 16.0 Å². The highest BCUT2D eigenvalue weighted by Gasteiger charge is 2.43. The van der Waals surface area contributed by atoms with Crippen LogP contribution in [-0.4, -0.2) is 159 Å². The van der Waals surface area contributed by atoms with Gasteiger partial charge in [-0.15, -0.1) is 11.3 Å². The summed E-state index contributed by atoms with van der Waals surface area (Å²) in [7, 11) is 6.96. The summed E-state index contributed by atoms with van der Waals surface area (Å²) in [5.41, 5.74) is 1.09. The minimum atomic E-state index is -0.768. The van der Waals surface area contributed by atoms with Crippen molar-refractivity contribution in [3.8, 4) is 0 Å². The van der Waals surface area contributed by atoms with Gasteiger partial charge in [-0.3, -0.25) is 29.0 Å². The number of nitrogens with one attached hydrogen (secondary N) is 3. The molecule has 15 heteroatoms. The van der Waals surface area contributed by atoms with E-state index in [4.69, 9.17) is 9.47 Å². The summed E-state index contributed by atoms with van der Waals surface area (Å²) in [5.74, 6) is -1.36. The monoisotopic (exact) mass is 883 g/mol. The van der Waals surface area contributed by atoms with E-state index in [0.29, 0.717) is 19.4 Å². The Morgan fingerprint density at radius 2 is 1.63 bits per heavy atom. The number of nitrogens with zero attached hydrogens (tertiary/aromatic N) is 5. The van der Waals surface area contributed by atoms with Crippen molar-refractivity contribution in [2.45, 2.75) is 123 Å². The van der Waals surface area contributed by atoms with E-state index in [-0.39, 0.29) is 59.9 Å². The largest absolute Gasteiger partial charge is 0.379 e. The number of benzene rings is 1. The zero-order valence-electron chi connectivity index (χ0n) is 39.5. The van der Waals surface area contributed by atoms with Crippen LogP contribution in [0.1, 0.15) is 90.8 Å². The molecule has 9 atom stereocenters. The van der Waals surface area contributed by atoms with Crippen LogP contribution in [0.15, 0.2) is 41.9 Å². The maximum atomic E-state index is 14.6. The smallest absolute Gasteiger partial charge is 0.245 e. The SMILES string of the molecule is CC[C@H](C)[C@@H]([C@@H](CC(=O)N1CCC[C@H]1[C@H](OC)[C@@H](C)C(=O)N[C@@H](Cc1ccccc1)c1nccs1)OC)N(C)C(=O)[C@@H](NC(=O)[C@H](C(C)C)N(C)CCN1CCNCC1)C(C)C. The Balaban J connectivity index is 1.46. The van der Waals surface area contributed by atoms with Crippen LogP contribution in [0.5, 0.6) is 0 Å². The van der Waals surface area contributed by atoms with Gasteiger partial charge in [-0.2, -0.15) is 0 Å². The van der Waals surface area contributed by atoms with Crippen molar-refractivity contribution in [3.63, 3.8) is 0 Å². The van der Waals surface area contributed by atoms with Crippen molar-refractivity contribution in [2.24, 2.45) is 23.7 Å². The Morgan fingerprint density at radius 3 is 2.21 bits per heavy atom. The van der Waals surface area contributed by atoms with Crippen LogP contribution in [0.25, 0.3) is 0 Å². The fourth-order valence-electron chi connectivity index (χ4n) is 9.42. The molecule has 2 aromatic rings. The van der Waals surface area contributed by atoms with E-state index in [1.54, 1.807) is 32.4 Å². The highest BCUT2D eigenvalue weighted by molar-refractivity contribution is 7.09. The van der Waals surface area contributed by atoms with E-state index < -0.39 is 36.3 Å². The summed E-state index contributed by atoms with van der Waals surface area (Å²) in [6.45, 7) is 20.1. The molecule has 4 rings (SSSR count). The predicted molar refractivity (Wildman–Crippen MR) is 247 cm³/mol. The molecule has 3 heterocycles. The lowest BCUT2D eigenvalue weighted by molar-refractivity contribution is -0.148. The molecule has 0 spiro atoms. The van der Waals surface area contributed by atoms with E-state index in [1.807, 2.05) is 82.3 Å². The number of likely N-dealkylation sites (tertiary alicyclic amines) is 1. The number of piperazine rings is 1. The Hall–Kier alpha value is -3.47. The lowest BCUT2D eigenvalue weighted by Gasteiger charge is -2.41. The molecule has 0 radical (unpaired) electrons. The fraction of sp³-hybridized carbons (Fsp3) is 0.723. The number of hydrogen-bond donors (Lipinski definition) is 3. The summed E-state index contributed by atoms with van der Waals surface area (Å²) in [5, 5.41) is 12.5. The number of carbonyl (C=O) groups excluding carboxylic acids is 4. The molecule has 0 aliphatic carbocycles. The lowest BCUT2D eigenvalue weighted by atomic mass is 9.89. The van der Waals surface area contributed by atoms with Gasteiger partial charge in [-0.1, -0.05) is 85.2 Å². The van der Waals surface area contributed by atoms with Gasteiger partial charge in [0.1, 0.15) is 11.0 Å². The predicted octanol–water partition coefficient (Wildman–Crippen LogP) is 4.47. The number of rotatable bonds is 24. The van der Waals surface area contributed by atoms with Crippen LogP contribution in [0.4, 0.5) is 0 Å². The summed E-state index contributed by atoms with van der Waals surface area (Å²) in [4.78, 5) is 69.7. The quantitative estimate of drug-likeness (QED) is 0.138. The molecule has 3 N–H and O–H groups in total. The van der Waals surface area contributed by atoms with Crippen LogP contribution in [0.3, 0.4) is 0 Å². The van der Waals surface area contributed by atoms with Gasteiger partial charge in [0.15, 0.2) is 0 Å². The molecule has 2 fully saturated rings. The maximum Gasteiger partial charge on any atom is 0.245 e. The third-order valence-corrected chi connectivity index (χ3v) is 14.1. The first-order valence-electron chi connectivity index (χ1n) is 22.9. The van der Waals surface area contributed by atoms with Crippen molar-refractivity contribution in [3.05, 3.63) is 52.5 Å². The summed E-state index contributed by atoms with van der Waals surface area (Å²) in [6, 6.07) is 7.80. The summed E-state index contributed by atoms with van der Waals surface area (Å²) in [6.07, 6.45) is 3.47. The van der Waals surface area contributed by atoms with Gasteiger partial charge in [0.25, 0.3) is 0 Å². The fourth-order valence-corrected chi connectivity index (χ4v) is 10.1. The topological polar surface area (TPSA) is 149 Å². The number of methoxy groups -OCH3 is 2. The second kappa shape index (κ2) is 25.1. The molecule has 348 valence electrons. The number of carbonyl (C=O) groups is 4. The molecule has 2 aliphatic rings. The van der Waals surface area contributed by atoms with Crippen molar-refractivity contribution in [1.82, 2.24) is 40.5 Å². The van der Waals surface area contributed by atoms with Gasteiger partial charge in [-0.05, 0) is 49.6 Å². The van der Waals surface area contributed by atoms with Crippen LogP contribution in [0.2, 0.25) is 0 Å². The summed E-state index contributed by atoms with van der Waals surface area (Å²) >= 11 is 1.51. The second-order valence-electron chi connectivity index (χ2n) is 18.2. The molecule has 1 aromatic carbocycles. The minimum absolute atomic E-state index is 0.0174. The molecule has 62 heavy (non-hydrogen) atoms. The molecule has 4 amide bonds. The number of likely N-dealkylation sites (N-methyl/N-ethyl adjacent to an activating group) is 2.